The van der Waals surface area contributed by atoms with Gasteiger partial charge in [0.25, 0.3) is 10.1 Å². The van der Waals surface area contributed by atoms with Crippen LogP contribution < -0.4 is 15.3 Å². The third-order valence-electron chi connectivity index (χ3n) is 11.4. The lowest BCUT2D eigenvalue weighted by molar-refractivity contribution is 0.482. The summed E-state index contributed by atoms with van der Waals surface area (Å²) in [6.07, 6.45) is 15.6. The summed E-state index contributed by atoms with van der Waals surface area (Å²) in [7, 11) is -1.31. The van der Waals surface area contributed by atoms with Crippen LogP contribution in [-0.2, 0) is 14.1 Å². The summed E-state index contributed by atoms with van der Waals surface area (Å²) in [5.41, 5.74) is 9.64. The summed E-state index contributed by atoms with van der Waals surface area (Å²) in [4.78, 5) is 0. The van der Waals surface area contributed by atoms with Crippen LogP contribution in [0.3, 0.4) is 0 Å². The molecule has 0 bridgehead atoms. The molecule has 4 nitrogen and oxygen atoms in total. The van der Waals surface area contributed by atoms with Gasteiger partial charge in [0.2, 0.25) is 0 Å². The molecule has 0 radical (unpaired) electrons. The Balaban J connectivity index is 1.53. The first kappa shape index (κ1) is 36.2. The molecule has 2 atom stereocenters. The van der Waals surface area contributed by atoms with Crippen molar-refractivity contribution in [1.82, 2.24) is 0 Å². The zero-order valence-electron chi connectivity index (χ0n) is 30.1. The maximum atomic E-state index is 13.8. The van der Waals surface area contributed by atoms with E-state index in [9.17, 15) is 8.42 Å². The van der Waals surface area contributed by atoms with Crippen molar-refractivity contribution < 1.29 is 12.4 Å². The van der Waals surface area contributed by atoms with Crippen molar-refractivity contribution in [3.05, 3.63) is 102 Å². The van der Waals surface area contributed by atoms with Crippen molar-refractivity contribution in [2.45, 2.75) is 101 Å². The monoisotopic (exact) mass is 745 g/mol. The number of aryl methyl sites for hydroxylation is 1. The van der Waals surface area contributed by atoms with Gasteiger partial charge in [0.1, 0.15) is 12.3 Å². The highest BCUT2D eigenvalue weighted by atomic mass is 32.3. The van der Waals surface area contributed by atoms with Gasteiger partial charge in [0.15, 0.2) is 0 Å². The Morgan fingerprint density at radius 3 is 1.86 bits per heavy atom. The van der Waals surface area contributed by atoms with Crippen molar-refractivity contribution in [3.8, 4) is 22.3 Å². The van der Waals surface area contributed by atoms with Gasteiger partial charge in [-0.15, -0.1) is 0 Å². The van der Waals surface area contributed by atoms with E-state index in [4.69, 9.17) is 3.97 Å². The average Bonchev–Trinajstić information content (AvgIpc) is 3.98. The topological polar surface area (TPSA) is 46.6 Å². The predicted molar refractivity (Wildman–Crippen MR) is 223 cm³/mol. The van der Waals surface area contributed by atoms with E-state index in [-0.39, 0.29) is 0 Å². The van der Waals surface area contributed by atoms with E-state index in [2.05, 4.69) is 110 Å². The van der Waals surface area contributed by atoms with Crippen LogP contribution in [0.15, 0.2) is 91.0 Å². The zero-order valence-corrected chi connectivity index (χ0v) is 34.1. The first-order chi connectivity index (χ1) is 24.2. The molecule has 4 aromatic carbocycles. The number of nitrogens with zero attached hydrogens (tertiary/aromatic N) is 1. The summed E-state index contributed by atoms with van der Waals surface area (Å²) >= 11 is 0. The summed E-state index contributed by atoms with van der Waals surface area (Å²) in [5, 5.41) is 2.70. The van der Waals surface area contributed by atoms with Crippen LogP contribution in [0, 0.1) is 6.92 Å². The minimum atomic E-state index is -3.81. The van der Waals surface area contributed by atoms with Crippen LogP contribution in [0.1, 0.15) is 94.1 Å². The average molecular weight is 746 g/mol. The van der Waals surface area contributed by atoms with Crippen LogP contribution in [0.25, 0.3) is 22.3 Å². The summed E-state index contributed by atoms with van der Waals surface area (Å²) < 4.78 is 36.7. The molecule has 0 amide bonds. The second kappa shape index (κ2) is 15.5. The Labute approximate surface area is 305 Å². The molecule has 3 aliphatic carbocycles. The molecule has 50 heavy (non-hydrogen) atoms. The molecule has 3 fully saturated rings. The third-order valence-corrected chi connectivity index (χ3v) is 25.1. The number of hydrogen-bond acceptors (Lipinski definition) is 4. The fraction of sp³-hybridized carbons (Fsp3) is 0.429. The molecule has 4 aromatic rings. The van der Waals surface area contributed by atoms with E-state index < -0.39 is 25.1 Å². The van der Waals surface area contributed by atoms with Gasteiger partial charge in [0.05, 0.1) is 28.6 Å². The normalized spacial score (nSPS) is 18.6. The Bertz CT molecular complexity index is 1880. The number of para-hydroxylation sites is 1. The van der Waals surface area contributed by atoms with Crippen LogP contribution in [-0.4, -0.2) is 33.0 Å². The van der Waals surface area contributed by atoms with Crippen molar-refractivity contribution in [2.24, 2.45) is 0 Å². The van der Waals surface area contributed by atoms with Gasteiger partial charge in [-0.05, 0) is 112 Å². The molecule has 7 rings (SSSR count). The largest absolute Gasteiger partial charge is 0.328 e. The summed E-state index contributed by atoms with van der Waals surface area (Å²) in [6.45, 7) is -0.171. The number of hydrogen-bond donors (Lipinski definition) is 0. The first-order valence-electron chi connectivity index (χ1n) is 18.7. The predicted octanol–water partition coefficient (Wildman–Crippen LogP) is 11.1. The lowest BCUT2D eigenvalue weighted by Crippen LogP contribution is -2.38. The van der Waals surface area contributed by atoms with Crippen molar-refractivity contribution in [2.75, 3.05) is 18.0 Å². The van der Waals surface area contributed by atoms with Crippen LogP contribution in [0.5, 0.6) is 0 Å². The van der Waals surface area contributed by atoms with Gasteiger partial charge < -0.3 is 0 Å². The Morgan fingerprint density at radius 1 is 0.700 bits per heavy atom. The lowest BCUT2D eigenvalue weighted by atomic mass is 9.95. The molecule has 0 saturated heterocycles. The molecule has 3 aliphatic rings. The van der Waals surface area contributed by atoms with Crippen molar-refractivity contribution in [1.29, 1.82) is 0 Å². The molecule has 0 aliphatic heterocycles. The van der Waals surface area contributed by atoms with Gasteiger partial charge in [-0.25, -0.2) is 0 Å². The maximum Gasteiger partial charge on any atom is 0.328 e. The van der Waals surface area contributed by atoms with E-state index in [0.29, 0.717) is 17.2 Å². The highest BCUT2D eigenvalue weighted by Crippen LogP contribution is 2.92. The first-order valence-corrected chi connectivity index (χ1v) is 25.1. The Hall–Kier alpha value is -2.12. The van der Waals surface area contributed by atoms with Crippen LogP contribution in [0.2, 0.25) is 0 Å². The van der Waals surface area contributed by atoms with Crippen molar-refractivity contribution >= 4 is 50.6 Å². The highest BCUT2D eigenvalue weighted by molar-refractivity contribution is 8.42. The number of anilines is 1. The van der Waals surface area contributed by atoms with E-state index >= 15 is 0 Å². The van der Waals surface area contributed by atoms with Gasteiger partial charge in [-0.3, -0.25) is 4.67 Å². The molecular weight excluding hydrogens is 691 g/mol. The van der Waals surface area contributed by atoms with E-state index in [1.54, 1.807) is 0 Å². The second-order valence-corrected chi connectivity index (χ2v) is 25.2. The van der Waals surface area contributed by atoms with Crippen molar-refractivity contribution in [3.63, 3.8) is 0 Å². The molecule has 0 N–H and O–H groups in total. The Morgan fingerprint density at radius 2 is 1.26 bits per heavy atom. The van der Waals surface area contributed by atoms with Gasteiger partial charge in [-0.2, -0.15) is 12.4 Å². The fourth-order valence-corrected chi connectivity index (χ4v) is 25.5. The lowest BCUT2D eigenvalue weighted by Gasteiger charge is -2.48. The molecule has 0 aromatic heterocycles. The molecule has 264 valence electrons. The SMILES string of the molecule is Cc1cccc([PH3+])c1-c1ccccc1[P+](C1CCCCC1)(C1CCCCC1)P(OS(C)(=O)=O)N(C)c1ccccc1-c1ccccc1C1CC1. The smallest absolute Gasteiger partial charge is 0.298 e. The van der Waals surface area contributed by atoms with Gasteiger partial charge in [0, 0.05) is 33.0 Å². The quantitative estimate of drug-likeness (QED) is 0.143. The molecule has 8 heteroatoms. The van der Waals surface area contributed by atoms with E-state index in [0.717, 1.165) is 31.4 Å². The minimum Gasteiger partial charge on any atom is -0.298 e. The molecular formula is C42H54NO3P3S+2. The number of rotatable bonds is 11. The minimum absolute atomic E-state index is 0.411. The van der Waals surface area contributed by atoms with Crippen LogP contribution in [0.4, 0.5) is 5.69 Å². The van der Waals surface area contributed by atoms with E-state index in [1.165, 1.54) is 102 Å². The maximum absolute atomic E-state index is 13.8. The van der Waals surface area contributed by atoms with E-state index in [1.807, 2.05) is 9.24 Å². The van der Waals surface area contributed by atoms with Crippen LogP contribution >= 0.6 is 24.2 Å². The Kier molecular flexibility index (Phi) is 11.2. The molecule has 3 saturated carbocycles. The summed E-state index contributed by atoms with van der Waals surface area (Å²) in [6, 6.07) is 33.4. The third kappa shape index (κ3) is 7.25. The number of benzene rings is 4. The highest BCUT2D eigenvalue weighted by Gasteiger charge is 2.65. The molecule has 0 spiro atoms. The fourth-order valence-electron chi connectivity index (χ4n) is 9.14. The standard InChI is InChI=1S/C42H53NO3P3S/c1-31-17-16-27-40(47)42(31)38-25-13-15-28-41(38)49(33-18-6-4-7-19-33,34-20-8-5-9-21-34)48(46-50(3,44)45)43(2)39-26-14-12-24-37(39)36-23-11-10-22-35(36)32-29-30-32/h10-17,22-28,32-34H,4-9,18-21,29-30,47H2,1-3H3/q+1/p+1. The zero-order chi connectivity index (χ0) is 34.9. The summed E-state index contributed by atoms with van der Waals surface area (Å²) in [5.74, 6) is 0.597. The van der Waals surface area contributed by atoms with Gasteiger partial charge >= 0.3 is 7.99 Å². The second-order valence-electron chi connectivity index (χ2n) is 14.9. The molecule has 2 unspecified atom stereocenters. The molecule has 0 heterocycles. The van der Waals surface area contributed by atoms with Gasteiger partial charge in [-0.1, -0.05) is 85.6 Å².